The average Bonchev–Trinajstić information content (AvgIpc) is 2.94. The van der Waals surface area contributed by atoms with Crippen LogP contribution in [0.1, 0.15) is 11.6 Å². The molecule has 0 aromatic heterocycles. The van der Waals surface area contributed by atoms with Crippen molar-refractivity contribution < 1.29 is 9.53 Å². The predicted octanol–water partition coefficient (Wildman–Crippen LogP) is 5.52. The number of anilines is 1. The summed E-state index contributed by atoms with van der Waals surface area (Å²) in [4.78, 5) is 19.4. The SMILES string of the molecule is CN(C(=O)CN(CC#N)c1ccc(Cl)c(Cl)c1)C(CN1CCOCC1)c1ccc(-c2ccccc2)cc1. The molecule has 1 aliphatic rings. The first kappa shape index (κ1) is 27.0. The van der Waals surface area contributed by atoms with Crippen molar-refractivity contribution in [1.29, 1.82) is 5.26 Å². The van der Waals surface area contributed by atoms with Crippen LogP contribution in [0.3, 0.4) is 0 Å². The van der Waals surface area contributed by atoms with Gasteiger partial charge in [0.1, 0.15) is 6.54 Å². The highest BCUT2D eigenvalue weighted by Gasteiger charge is 2.27. The van der Waals surface area contributed by atoms with Gasteiger partial charge in [0.25, 0.3) is 0 Å². The molecular formula is C29H30Cl2N4O2. The van der Waals surface area contributed by atoms with E-state index in [1.54, 1.807) is 28.0 Å². The molecule has 1 saturated heterocycles. The van der Waals surface area contributed by atoms with Gasteiger partial charge in [-0.05, 0) is 34.9 Å². The molecule has 1 unspecified atom stereocenters. The molecule has 192 valence electrons. The van der Waals surface area contributed by atoms with E-state index < -0.39 is 0 Å². The standard InChI is InChI=1S/C29H30Cl2N4O2/c1-33(29(36)21-35(14-13-32)25-11-12-26(30)27(31)19-25)28(20-34-15-17-37-18-16-34)24-9-7-23(8-10-24)22-5-3-2-4-6-22/h2-12,19,28H,14-18,20-21H2,1H3. The summed E-state index contributed by atoms with van der Waals surface area (Å²) in [6, 6.07) is 25.8. The molecule has 1 aliphatic heterocycles. The highest BCUT2D eigenvalue weighted by atomic mass is 35.5. The molecule has 1 fully saturated rings. The van der Waals surface area contributed by atoms with Gasteiger partial charge in [0.2, 0.25) is 5.91 Å². The van der Waals surface area contributed by atoms with E-state index in [0.29, 0.717) is 35.5 Å². The summed E-state index contributed by atoms with van der Waals surface area (Å²) in [5.41, 5.74) is 4.01. The van der Waals surface area contributed by atoms with Gasteiger partial charge in [-0.15, -0.1) is 0 Å². The van der Waals surface area contributed by atoms with E-state index >= 15 is 0 Å². The topological polar surface area (TPSA) is 59.8 Å². The third-order valence-corrected chi connectivity index (χ3v) is 7.39. The fourth-order valence-electron chi connectivity index (χ4n) is 4.46. The molecule has 6 nitrogen and oxygen atoms in total. The molecular weight excluding hydrogens is 507 g/mol. The second-order valence-electron chi connectivity index (χ2n) is 9.03. The first-order valence-electron chi connectivity index (χ1n) is 12.2. The van der Waals surface area contributed by atoms with E-state index in [0.717, 1.165) is 29.8 Å². The predicted molar refractivity (Wildman–Crippen MR) is 149 cm³/mol. The minimum Gasteiger partial charge on any atom is -0.379 e. The molecule has 0 spiro atoms. The number of ether oxygens (including phenoxy) is 1. The van der Waals surface area contributed by atoms with Crippen LogP contribution in [0.2, 0.25) is 10.0 Å². The number of nitrogens with zero attached hydrogens (tertiary/aromatic N) is 4. The minimum absolute atomic E-state index is 0.0454. The number of carbonyl (C=O) groups excluding carboxylic acids is 1. The summed E-state index contributed by atoms with van der Waals surface area (Å²) in [7, 11) is 1.83. The molecule has 1 amide bonds. The third kappa shape index (κ3) is 7.03. The Labute approximate surface area is 228 Å². The number of carbonyl (C=O) groups is 1. The third-order valence-electron chi connectivity index (χ3n) is 6.65. The van der Waals surface area contributed by atoms with E-state index in [4.69, 9.17) is 27.9 Å². The van der Waals surface area contributed by atoms with Gasteiger partial charge in [0, 0.05) is 32.4 Å². The van der Waals surface area contributed by atoms with Gasteiger partial charge in [0.15, 0.2) is 0 Å². The molecule has 3 aromatic carbocycles. The molecule has 8 heteroatoms. The van der Waals surface area contributed by atoms with Crippen molar-refractivity contribution in [3.63, 3.8) is 0 Å². The Morgan fingerprint density at radius 1 is 1.00 bits per heavy atom. The number of morpholine rings is 1. The highest BCUT2D eigenvalue weighted by molar-refractivity contribution is 6.42. The Balaban J connectivity index is 1.56. The van der Waals surface area contributed by atoms with Gasteiger partial charge in [-0.3, -0.25) is 9.69 Å². The maximum absolute atomic E-state index is 13.6. The molecule has 0 aliphatic carbocycles. The van der Waals surface area contributed by atoms with Gasteiger partial charge in [-0.1, -0.05) is 77.8 Å². The van der Waals surface area contributed by atoms with Crippen molar-refractivity contribution in [1.82, 2.24) is 9.80 Å². The van der Waals surface area contributed by atoms with Crippen LogP contribution in [0.25, 0.3) is 11.1 Å². The van der Waals surface area contributed by atoms with Crippen molar-refractivity contribution in [2.45, 2.75) is 6.04 Å². The molecule has 1 heterocycles. The van der Waals surface area contributed by atoms with Crippen molar-refractivity contribution >= 4 is 34.8 Å². The van der Waals surface area contributed by atoms with Crippen LogP contribution in [0, 0.1) is 11.3 Å². The summed E-state index contributed by atoms with van der Waals surface area (Å²) < 4.78 is 5.53. The smallest absolute Gasteiger partial charge is 0.242 e. The second-order valence-corrected chi connectivity index (χ2v) is 9.85. The largest absolute Gasteiger partial charge is 0.379 e. The summed E-state index contributed by atoms with van der Waals surface area (Å²) in [6.07, 6.45) is 0. The summed E-state index contributed by atoms with van der Waals surface area (Å²) in [5.74, 6) is -0.0910. The second kappa shape index (κ2) is 12.9. The number of benzene rings is 3. The summed E-state index contributed by atoms with van der Waals surface area (Å²) in [5, 5.41) is 10.2. The zero-order valence-electron chi connectivity index (χ0n) is 20.8. The number of amides is 1. The molecule has 1 atom stereocenters. The van der Waals surface area contributed by atoms with Crippen LogP contribution >= 0.6 is 23.2 Å². The lowest BCUT2D eigenvalue weighted by Gasteiger charge is -2.36. The fraction of sp³-hybridized carbons (Fsp3) is 0.310. The number of hydrogen-bond acceptors (Lipinski definition) is 5. The first-order valence-corrected chi connectivity index (χ1v) is 13.0. The lowest BCUT2D eigenvalue weighted by molar-refractivity contribution is -0.131. The molecule has 0 bridgehead atoms. The molecule has 0 N–H and O–H groups in total. The molecule has 0 radical (unpaired) electrons. The monoisotopic (exact) mass is 536 g/mol. The number of hydrogen-bond donors (Lipinski definition) is 0. The van der Waals surface area contributed by atoms with Crippen molar-refractivity contribution in [3.8, 4) is 17.2 Å². The van der Waals surface area contributed by atoms with Crippen LogP contribution in [0.5, 0.6) is 0 Å². The van der Waals surface area contributed by atoms with Gasteiger partial charge in [0.05, 0.1) is 41.9 Å². The average molecular weight is 537 g/mol. The summed E-state index contributed by atoms with van der Waals surface area (Å²) >= 11 is 12.3. The quantitative estimate of drug-likeness (QED) is 0.337. The summed E-state index contributed by atoms with van der Waals surface area (Å²) in [6.45, 7) is 3.81. The Kier molecular flexibility index (Phi) is 9.43. The van der Waals surface area contributed by atoms with Crippen molar-refractivity contribution in [2.24, 2.45) is 0 Å². The Morgan fingerprint density at radius 3 is 2.32 bits per heavy atom. The lowest BCUT2D eigenvalue weighted by Crippen LogP contribution is -2.46. The van der Waals surface area contributed by atoms with Crippen molar-refractivity contribution in [2.75, 3.05) is 57.9 Å². The number of rotatable bonds is 9. The van der Waals surface area contributed by atoms with Crippen LogP contribution in [0.4, 0.5) is 5.69 Å². The van der Waals surface area contributed by atoms with Crippen LogP contribution in [-0.2, 0) is 9.53 Å². The van der Waals surface area contributed by atoms with Crippen LogP contribution in [0.15, 0.2) is 72.8 Å². The molecule has 4 rings (SSSR count). The van der Waals surface area contributed by atoms with Gasteiger partial charge in [-0.25, -0.2) is 0 Å². The number of likely N-dealkylation sites (N-methyl/N-ethyl adjacent to an activating group) is 1. The zero-order chi connectivity index (χ0) is 26.2. The van der Waals surface area contributed by atoms with Gasteiger partial charge < -0.3 is 14.5 Å². The zero-order valence-corrected chi connectivity index (χ0v) is 22.3. The van der Waals surface area contributed by atoms with E-state index in [1.807, 2.05) is 25.2 Å². The Hall–Kier alpha value is -3.08. The Bertz CT molecular complexity index is 1220. The van der Waals surface area contributed by atoms with E-state index in [9.17, 15) is 10.1 Å². The van der Waals surface area contributed by atoms with Crippen LogP contribution in [-0.4, -0.2) is 68.7 Å². The van der Waals surface area contributed by atoms with Gasteiger partial charge in [-0.2, -0.15) is 5.26 Å². The normalized spacial score (nSPS) is 14.5. The van der Waals surface area contributed by atoms with E-state index in [1.165, 1.54) is 0 Å². The number of nitriles is 1. The fourth-order valence-corrected chi connectivity index (χ4v) is 4.75. The van der Waals surface area contributed by atoms with E-state index in [2.05, 4.69) is 47.4 Å². The first-order chi connectivity index (χ1) is 18.0. The molecule has 37 heavy (non-hydrogen) atoms. The number of halogens is 2. The molecule has 0 saturated carbocycles. The highest BCUT2D eigenvalue weighted by Crippen LogP contribution is 2.29. The van der Waals surface area contributed by atoms with E-state index in [-0.39, 0.29) is 25.0 Å². The molecule has 3 aromatic rings. The maximum Gasteiger partial charge on any atom is 0.242 e. The minimum atomic E-state index is -0.159. The van der Waals surface area contributed by atoms with Crippen molar-refractivity contribution in [3.05, 3.63) is 88.4 Å². The maximum atomic E-state index is 13.6. The Morgan fingerprint density at radius 2 is 1.68 bits per heavy atom. The van der Waals surface area contributed by atoms with Gasteiger partial charge >= 0.3 is 0 Å². The lowest BCUT2D eigenvalue weighted by atomic mass is 9.99. The van der Waals surface area contributed by atoms with Crippen LogP contribution < -0.4 is 4.90 Å².